The number of nitrogens with zero attached hydrogens (tertiary/aromatic N) is 2. The van der Waals surface area contributed by atoms with Crippen molar-refractivity contribution in [3.05, 3.63) is 59.1 Å². The van der Waals surface area contributed by atoms with Gasteiger partial charge >= 0.3 is 5.76 Å². The van der Waals surface area contributed by atoms with Crippen LogP contribution in [0, 0.1) is 5.92 Å². The molecule has 7 nitrogen and oxygen atoms in total. The number of rotatable bonds is 4. The third-order valence-electron chi connectivity index (χ3n) is 4.82. The molecule has 7 heteroatoms. The Morgan fingerprint density at radius 2 is 1.96 bits per heavy atom. The number of aryl methyl sites for hydroxylation is 1. The quantitative estimate of drug-likeness (QED) is 0.770. The molecule has 2 amide bonds. The lowest BCUT2D eigenvalue weighted by atomic mass is 10.1. The fourth-order valence-electron chi connectivity index (χ4n) is 3.43. The normalized spacial score (nSPS) is 16.9. The summed E-state index contributed by atoms with van der Waals surface area (Å²) in [5.41, 5.74) is 2.44. The number of aromatic nitrogens is 1. The average Bonchev–Trinajstić information content (AvgIpc) is 3.21. The summed E-state index contributed by atoms with van der Waals surface area (Å²) < 4.78 is 6.75. The summed E-state index contributed by atoms with van der Waals surface area (Å²) >= 11 is 0. The first-order valence-corrected chi connectivity index (χ1v) is 8.86. The topological polar surface area (TPSA) is 84.5 Å². The van der Waals surface area contributed by atoms with Crippen molar-refractivity contribution < 1.29 is 14.0 Å². The van der Waals surface area contributed by atoms with Crippen molar-refractivity contribution in [3.8, 4) is 0 Å². The molecule has 1 aromatic heterocycles. The zero-order valence-corrected chi connectivity index (χ0v) is 14.8. The molecule has 4 rings (SSSR count). The van der Waals surface area contributed by atoms with E-state index in [4.69, 9.17) is 4.42 Å². The van der Waals surface area contributed by atoms with Gasteiger partial charge in [-0.15, -0.1) is 0 Å². The smallest absolute Gasteiger partial charge is 0.408 e. The summed E-state index contributed by atoms with van der Waals surface area (Å²) in [6.45, 7) is 2.72. The van der Waals surface area contributed by atoms with Crippen molar-refractivity contribution in [2.75, 3.05) is 16.8 Å². The molecular formula is C20H19N3O4. The molecule has 1 saturated heterocycles. The van der Waals surface area contributed by atoms with Gasteiger partial charge in [0.25, 0.3) is 0 Å². The van der Waals surface area contributed by atoms with Gasteiger partial charge in [-0.2, -0.15) is 0 Å². The number of carbonyl (C=O) groups is 2. The van der Waals surface area contributed by atoms with Gasteiger partial charge in [-0.3, -0.25) is 14.2 Å². The van der Waals surface area contributed by atoms with E-state index in [1.165, 1.54) is 4.57 Å². The molecule has 3 aromatic rings. The minimum atomic E-state index is -0.430. The van der Waals surface area contributed by atoms with Gasteiger partial charge in [-0.05, 0) is 31.2 Å². The molecule has 2 heterocycles. The first-order chi connectivity index (χ1) is 13.1. The molecule has 1 unspecified atom stereocenters. The fourth-order valence-corrected chi connectivity index (χ4v) is 3.43. The van der Waals surface area contributed by atoms with Gasteiger partial charge in [-0.1, -0.05) is 18.2 Å². The van der Waals surface area contributed by atoms with E-state index in [1.807, 2.05) is 37.3 Å². The molecule has 0 spiro atoms. The van der Waals surface area contributed by atoms with Crippen LogP contribution in [0.5, 0.6) is 0 Å². The SMILES string of the molecule is CCn1c(=O)oc2cc(NC(=O)C3CC(=O)N(c4ccccc4)C3)ccc21. The fraction of sp³-hybridized carbons (Fsp3) is 0.250. The summed E-state index contributed by atoms with van der Waals surface area (Å²) in [5.74, 6) is -1.14. The van der Waals surface area contributed by atoms with Crippen LogP contribution >= 0.6 is 0 Å². The summed E-state index contributed by atoms with van der Waals surface area (Å²) in [7, 11) is 0. The predicted molar refractivity (Wildman–Crippen MR) is 102 cm³/mol. The maximum atomic E-state index is 12.6. The first-order valence-electron chi connectivity index (χ1n) is 8.86. The maximum absolute atomic E-state index is 12.6. The van der Waals surface area contributed by atoms with Crippen molar-refractivity contribution in [1.82, 2.24) is 4.57 Å². The van der Waals surface area contributed by atoms with Crippen LogP contribution in [-0.2, 0) is 16.1 Å². The lowest BCUT2D eigenvalue weighted by Crippen LogP contribution is -2.28. The second kappa shape index (κ2) is 6.75. The van der Waals surface area contributed by atoms with Gasteiger partial charge in [-0.25, -0.2) is 4.79 Å². The number of oxazole rings is 1. The molecule has 0 bridgehead atoms. The molecule has 0 saturated carbocycles. The van der Waals surface area contributed by atoms with E-state index in [0.717, 1.165) is 5.69 Å². The summed E-state index contributed by atoms with van der Waals surface area (Å²) in [6.07, 6.45) is 0.171. The average molecular weight is 365 g/mol. The molecule has 27 heavy (non-hydrogen) atoms. The van der Waals surface area contributed by atoms with Crippen LogP contribution in [0.3, 0.4) is 0 Å². The number of hydrogen-bond donors (Lipinski definition) is 1. The highest BCUT2D eigenvalue weighted by Crippen LogP contribution is 2.26. The minimum Gasteiger partial charge on any atom is -0.408 e. The largest absolute Gasteiger partial charge is 0.419 e. The van der Waals surface area contributed by atoms with E-state index in [2.05, 4.69) is 5.32 Å². The number of hydrogen-bond acceptors (Lipinski definition) is 4. The van der Waals surface area contributed by atoms with Gasteiger partial charge in [0, 0.05) is 37.0 Å². The lowest BCUT2D eigenvalue weighted by Gasteiger charge is -2.16. The van der Waals surface area contributed by atoms with Gasteiger partial charge in [0.1, 0.15) is 0 Å². The monoisotopic (exact) mass is 365 g/mol. The first kappa shape index (κ1) is 17.1. The molecule has 2 aromatic carbocycles. The molecule has 0 aliphatic carbocycles. The Bertz CT molecular complexity index is 1070. The number of fused-ring (bicyclic) bond motifs is 1. The maximum Gasteiger partial charge on any atom is 0.419 e. The number of benzene rings is 2. The Hall–Kier alpha value is -3.35. The zero-order chi connectivity index (χ0) is 19.0. The highest BCUT2D eigenvalue weighted by Gasteiger charge is 2.35. The number of para-hydroxylation sites is 1. The molecule has 1 aliphatic rings. The number of carbonyl (C=O) groups excluding carboxylic acids is 2. The highest BCUT2D eigenvalue weighted by atomic mass is 16.4. The van der Waals surface area contributed by atoms with Gasteiger partial charge in [0.2, 0.25) is 11.8 Å². The third kappa shape index (κ3) is 3.12. The Kier molecular flexibility index (Phi) is 4.27. The van der Waals surface area contributed by atoms with E-state index >= 15 is 0 Å². The molecule has 1 atom stereocenters. The second-order valence-corrected chi connectivity index (χ2v) is 6.52. The second-order valence-electron chi connectivity index (χ2n) is 6.52. The van der Waals surface area contributed by atoms with Crippen molar-refractivity contribution >= 4 is 34.3 Å². The van der Waals surface area contributed by atoms with Crippen LogP contribution in [0.4, 0.5) is 11.4 Å². The standard InChI is InChI=1S/C20H19N3O4/c1-2-22-16-9-8-14(11-17(16)27-20(22)26)21-19(25)13-10-18(24)23(12-13)15-6-4-3-5-7-15/h3-9,11,13H,2,10,12H2,1H3,(H,21,25). The third-order valence-corrected chi connectivity index (χ3v) is 4.82. The lowest BCUT2D eigenvalue weighted by molar-refractivity contribution is -0.122. The molecule has 138 valence electrons. The van der Waals surface area contributed by atoms with Gasteiger partial charge in [0.15, 0.2) is 5.58 Å². The van der Waals surface area contributed by atoms with Crippen LogP contribution in [-0.4, -0.2) is 22.9 Å². The molecular weight excluding hydrogens is 346 g/mol. The molecule has 1 N–H and O–H groups in total. The predicted octanol–water partition coefficient (Wildman–Crippen LogP) is 2.61. The van der Waals surface area contributed by atoms with Crippen LogP contribution in [0.2, 0.25) is 0 Å². The molecule has 1 aliphatic heterocycles. The van der Waals surface area contributed by atoms with E-state index in [-0.39, 0.29) is 18.2 Å². The zero-order valence-electron chi connectivity index (χ0n) is 14.8. The number of anilines is 2. The van der Waals surface area contributed by atoms with E-state index < -0.39 is 11.7 Å². The van der Waals surface area contributed by atoms with Crippen molar-refractivity contribution in [2.45, 2.75) is 19.9 Å². The van der Waals surface area contributed by atoms with E-state index in [0.29, 0.717) is 29.9 Å². The van der Waals surface area contributed by atoms with Crippen LogP contribution < -0.4 is 16.0 Å². The van der Waals surface area contributed by atoms with E-state index in [9.17, 15) is 14.4 Å². The van der Waals surface area contributed by atoms with Crippen molar-refractivity contribution in [3.63, 3.8) is 0 Å². The van der Waals surface area contributed by atoms with Gasteiger partial charge < -0.3 is 14.6 Å². The Morgan fingerprint density at radius 3 is 2.70 bits per heavy atom. The Balaban J connectivity index is 1.50. The van der Waals surface area contributed by atoms with Crippen molar-refractivity contribution in [1.29, 1.82) is 0 Å². The van der Waals surface area contributed by atoms with E-state index in [1.54, 1.807) is 23.1 Å². The Morgan fingerprint density at radius 1 is 1.19 bits per heavy atom. The summed E-state index contributed by atoms with van der Waals surface area (Å²) in [5, 5.41) is 2.83. The van der Waals surface area contributed by atoms with Crippen LogP contribution in [0.1, 0.15) is 13.3 Å². The number of amides is 2. The molecule has 0 radical (unpaired) electrons. The summed E-state index contributed by atoms with van der Waals surface area (Å²) in [4.78, 5) is 38.3. The highest BCUT2D eigenvalue weighted by molar-refractivity contribution is 6.03. The van der Waals surface area contributed by atoms with Crippen LogP contribution in [0.15, 0.2) is 57.7 Å². The Labute approximate surface area is 155 Å². The summed E-state index contributed by atoms with van der Waals surface area (Å²) in [6, 6.07) is 14.4. The molecule has 1 fully saturated rings. The van der Waals surface area contributed by atoms with Crippen molar-refractivity contribution in [2.24, 2.45) is 5.92 Å². The van der Waals surface area contributed by atoms with Crippen LogP contribution in [0.25, 0.3) is 11.1 Å². The minimum absolute atomic E-state index is 0.0668. The van der Waals surface area contributed by atoms with Gasteiger partial charge in [0.05, 0.1) is 11.4 Å². The number of nitrogens with one attached hydrogen (secondary N) is 1.